The van der Waals surface area contributed by atoms with Gasteiger partial charge in [0, 0.05) is 23.2 Å². The summed E-state index contributed by atoms with van der Waals surface area (Å²) in [6.45, 7) is 5.04. The maximum atomic E-state index is 6.37. The van der Waals surface area contributed by atoms with E-state index in [4.69, 9.17) is 16.6 Å². The Labute approximate surface area is 129 Å². The number of hydrogen-bond donors (Lipinski definition) is 1. The summed E-state index contributed by atoms with van der Waals surface area (Å²) in [5.41, 5.74) is 5.15. The van der Waals surface area contributed by atoms with Crippen LogP contribution in [0.5, 0.6) is 0 Å². The van der Waals surface area contributed by atoms with Gasteiger partial charge in [-0.05, 0) is 31.5 Å². The Balaban J connectivity index is 2.32. The van der Waals surface area contributed by atoms with Gasteiger partial charge in [-0.25, -0.2) is 4.98 Å². The highest BCUT2D eigenvalue weighted by Crippen LogP contribution is 2.34. The number of halogens is 1. The molecule has 0 aliphatic rings. The summed E-state index contributed by atoms with van der Waals surface area (Å²) in [4.78, 5) is 4.78. The van der Waals surface area contributed by atoms with E-state index < -0.39 is 0 Å². The third-order valence-corrected chi connectivity index (χ3v) is 3.86. The lowest BCUT2D eigenvalue weighted by atomic mass is 10.0. The van der Waals surface area contributed by atoms with Crippen LogP contribution >= 0.6 is 11.6 Å². The molecule has 1 heterocycles. The van der Waals surface area contributed by atoms with E-state index in [0.29, 0.717) is 5.02 Å². The van der Waals surface area contributed by atoms with Crippen molar-refractivity contribution in [1.82, 2.24) is 4.98 Å². The van der Waals surface area contributed by atoms with E-state index >= 15 is 0 Å². The minimum absolute atomic E-state index is 0.688. The molecule has 0 aliphatic heterocycles. The van der Waals surface area contributed by atoms with Gasteiger partial charge in [0.05, 0.1) is 16.2 Å². The number of rotatable bonds is 3. The predicted molar refractivity (Wildman–Crippen MR) is 91.1 cm³/mol. The fourth-order valence-corrected chi connectivity index (χ4v) is 2.76. The highest BCUT2D eigenvalue weighted by molar-refractivity contribution is 6.35. The third kappa shape index (κ3) is 2.59. The molecule has 1 N–H and O–H groups in total. The first-order valence-electron chi connectivity index (χ1n) is 7.10. The van der Waals surface area contributed by atoms with Gasteiger partial charge in [0.2, 0.25) is 0 Å². The molecule has 2 aromatic carbocycles. The topological polar surface area (TPSA) is 24.9 Å². The van der Waals surface area contributed by atoms with Crippen molar-refractivity contribution in [3.8, 4) is 11.3 Å². The molecule has 1 aromatic heterocycles. The van der Waals surface area contributed by atoms with Crippen molar-refractivity contribution in [1.29, 1.82) is 0 Å². The third-order valence-electron chi connectivity index (χ3n) is 3.56. The Kier molecular flexibility index (Phi) is 3.80. The van der Waals surface area contributed by atoms with Crippen molar-refractivity contribution in [3.63, 3.8) is 0 Å². The standard InChI is InChI=1S/C18H17ClN2/c1-3-20-16-11-15(13-7-5-4-6-8-13)21-18-14(19)10-9-12(2)17(16)18/h4-11H,3H2,1-2H3,(H,20,21). The Morgan fingerprint density at radius 1 is 1.10 bits per heavy atom. The Hall–Kier alpha value is -2.06. The average molecular weight is 297 g/mol. The lowest BCUT2D eigenvalue weighted by Crippen LogP contribution is -2.00. The summed E-state index contributed by atoms with van der Waals surface area (Å²) in [6, 6.07) is 16.2. The fourth-order valence-electron chi connectivity index (χ4n) is 2.56. The summed E-state index contributed by atoms with van der Waals surface area (Å²) < 4.78 is 0. The summed E-state index contributed by atoms with van der Waals surface area (Å²) >= 11 is 6.37. The van der Waals surface area contributed by atoms with Gasteiger partial charge in [0.15, 0.2) is 0 Å². The Bertz CT molecular complexity index is 782. The summed E-state index contributed by atoms with van der Waals surface area (Å²) in [5.74, 6) is 0. The molecule has 0 saturated heterocycles. The van der Waals surface area contributed by atoms with E-state index in [0.717, 1.165) is 34.4 Å². The number of nitrogens with one attached hydrogen (secondary N) is 1. The van der Waals surface area contributed by atoms with Gasteiger partial charge in [0.1, 0.15) is 0 Å². The van der Waals surface area contributed by atoms with Crippen molar-refractivity contribution in [3.05, 3.63) is 59.1 Å². The molecular formula is C18H17ClN2. The van der Waals surface area contributed by atoms with E-state index in [-0.39, 0.29) is 0 Å². The normalized spacial score (nSPS) is 10.8. The smallest absolute Gasteiger partial charge is 0.0919 e. The van der Waals surface area contributed by atoms with Crippen LogP contribution in [-0.2, 0) is 0 Å². The van der Waals surface area contributed by atoms with Crippen LogP contribution in [0.4, 0.5) is 5.69 Å². The van der Waals surface area contributed by atoms with Crippen molar-refractivity contribution in [2.45, 2.75) is 13.8 Å². The lowest BCUT2D eigenvalue weighted by molar-refractivity contribution is 1.21. The van der Waals surface area contributed by atoms with Gasteiger partial charge in [-0.2, -0.15) is 0 Å². The Morgan fingerprint density at radius 2 is 1.86 bits per heavy atom. The van der Waals surface area contributed by atoms with Crippen LogP contribution in [0.15, 0.2) is 48.5 Å². The number of anilines is 1. The number of nitrogens with zero attached hydrogens (tertiary/aromatic N) is 1. The zero-order valence-corrected chi connectivity index (χ0v) is 12.9. The summed E-state index contributed by atoms with van der Waals surface area (Å²) in [7, 11) is 0. The van der Waals surface area contributed by atoms with Crippen LogP contribution in [0, 0.1) is 6.92 Å². The molecule has 21 heavy (non-hydrogen) atoms. The zero-order valence-electron chi connectivity index (χ0n) is 12.2. The highest BCUT2D eigenvalue weighted by atomic mass is 35.5. The van der Waals surface area contributed by atoms with E-state index in [1.807, 2.05) is 30.3 Å². The van der Waals surface area contributed by atoms with E-state index in [1.54, 1.807) is 0 Å². The SMILES string of the molecule is CCNc1cc(-c2ccccc2)nc2c(Cl)ccc(C)c12. The lowest BCUT2D eigenvalue weighted by Gasteiger charge is -2.13. The van der Waals surface area contributed by atoms with Crippen molar-refractivity contribution in [2.75, 3.05) is 11.9 Å². The zero-order chi connectivity index (χ0) is 14.8. The molecule has 3 aromatic rings. The molecule has 3 rings (SSSR count). The number of fused-ring (bicyclic) bond motifs is 1. The minimum atomic E-state index is 0.688. The first-order valence-corrected chi connectivity index (χ1v) is 7.47. The molecule has 0 fully saturated rings. The number of hydrogen-bond acceptors (Lipinski definition) is 2. The van der Waals surface area contributed by atoms with Gasteiger partial charge in [-0.1, -0.05) is 48.0 Å². The van der Waals surface area contributed by atoms with Crippen LogP contribution in [0.2, 0.25) is 5.02 Å². The van der Waals surface area contributed by atoms with Crippen LogP contribution in [0.3, 0.4) is 0 Å². The number of aryl methyl sites for hydroxylation is 1. The second-order valence-electron chi connectivity index (χ2n) is 5.04. The van der Waals surface area contributed by atoms with Gasteiger partial charge in [-0.3, -0.25) is 0 Å². The van der Waals surface area contributed by atoms with Crippen LogP contribution in [0.1, 0.15) is 12.5 Å². The van der Waals surface area contributed by atoms with Crippen molar-refractivity contribution >= 4 is 28.2 Å². The summed E-state index contributed by atoms with van der Waals surface area (Å²) in [6.07, 6.45) is 0. The van der Waals surface area contributed by atoms with Crippen LogP contribution in [0.25, 0.3) is 22.2 Å². The molecule has 0 aliphatic carbocycles. The average Bonchev–Trinajstić information content (AvgIpc) is 2.52. The predicted octanol–water partition coefficient (Wildman–Crippen LogP) is 5.30. The number of aromatic nitrogens is 1. The quantitative estimate of drug-likeness (QED) is 0.710. The van der Waals surface area contributed by atoms with Crippen molar-refractivity contribution in [2.24, 2.45) is 0 Å². The molecule has 0 saturated carbocycles. The first-order chi connectivity index (χ1) is 10.2. The molecule has 106 valence electrons. The summed E-state index contributed by atoms with van der Waals surface area (Å²) in [5, 5.41) is 5.22. The molecule has 0 radical (unpaired) electrons. The second kappa shape index (κ2) is 5.74. The largest absolute Gasteiger partial charge is 0.385 e. The van der Waals surface area contributed by atoms with Gasteiger partial charge >= 0.3 is 0 Å². The molecule has 3 heteroatoms. The maximum Gasteiger partial charge on any atom is 0.0919 e. The van der Waals surface area contributed by atoms with Crippen LogP contribution < -0.4 is 5.32 Å². The molecule has 0 unspecified atom stereocenters. The van der Waals surface area contributed by atoms with E-state index in [9.17, 15) is 0 Å². The maximum absolute atomic E-state index is 6.37. The van der Waals surface area contributed by atoms with E-state index in [1.165, 1.54) is 5.56 Å². The van der Waals surface area contributed by atoms with Gasteiger partial charge in [0.25, 0.3) is 0 Å². The minimum Gasteiger partial charge on any atom is -0.385 e. The molecule has 0 bridgehead atoms. The fraction of sp³-hybridized carbons (Fsp3) is 0.167. The van der Waals surface area contributed by atoms with E-state index in [2.05, 4.69) is 37.4 Å². The number of benzene rings is 2. The second-order valence-corrected chi connectivity index (χ2v) is 5.45. The molecule has 0 atom stereocenters. The Morgan fingerprint density at radius 3 is 2.57 bits per heavy atom. The first kappa shape index (κ1) is 13.9. The van der Waals surface area contributed by atoms with Gasteiger partial charge < -0.3 is 5.32 Å². The van der Waals surface area contributed by atoms with Gasteiger partial charge in [-0.15, -0.1) is 0 Å². The van der Waals surface area contributed by atoms with Crippen LogP contribution in [-0.4, -0.2) is 11.5 Å². The molecule has 0 amide bonds. The molecule has 2 nitrogen and oxygen atoms in total. The van der Waals surface area contributed by atoms with Crippen molar-refractivity contribution < 1.29 is 0 Å². The molecular weight excluding hydrogens is 280 g/mol. The monoisotopic (exact) mass is 296 g/mol. The molecule has 0 spiro atoms. The highest BCUT2D eigenvalue weighted by Gasteiger charge is 2.11. The number of pyridine rings is 1.